The molecule has 0 bridgehead atoms. The van der Waals surface area contributed by atoms with Crippen LogP contribution >= 0.6 is 0 Å². The van der Waals surface area contributed by atoms with Crippen LogP contribution in [0, 0.1) is 0 Å². The Morgan fingerprint density at radius 2 is 1.86 bits per heavy atom. The summed E-state index contributed by atoms with van der Waals surface area (Å²) in [4.78, 5) is 52.5. The summed E-state index contributed by atoms with van der Waals surface area (Å²) in [6, 6.07) is 11.6. The van der Waals surface area contributed by atoms with Gasteiger partial charge in [0.05, 0.1) is 25.9 Å². The molecule has 10 nitrogen and oxygen atoms in total. The number of carbonyl (C=O) groups excluding carboxylic acids is 4. The predicted molar refractivity (Wildman–Crippen MR) is 126 cm³/mol. The maximum Gasteiger partial charge on any atom is 0.321 e. The van der Waals surface area contributed by atoms with Crippen LogP contribution in [0.1, 0.15) is 38.8 Å². The first kappa shape index (κ1) is 24.2. The van der Waals surface area contributed by atoms with Gasteiger partial charge in [0.25, 0.3) is 11.8 Å². The van der Waals surface area contributed by atoms with E-state index in [9.17, 15) is 19.2 Å². The van der Waals surface area contributed by atoms with Crippen LogP contribution in [-0.4, -0.2) is 74.0 Å². The summed E-state index contributed by atoms with van der Waals surface area (Å²) in [5.41, 5.74) is 1.57. The maximum atomic E-state index is 13.1. The number of nitrogens with zero attached hydrogens (tertiary/aromatic N) is 2. The van der Waals surface area contributed by atoms with Crippen molar-refractivity contribution in [1.29, 1.82) is 0 Å². The number of morpholine rings is 1. The van der Waals surface area contributed by atoms with Crippen molar-refractivity contribution in [3.63, 3.8) is 0 Å². The van der Waals surface area contributed by atoms with E-state index < -0.39 is 11.6 Å². The molecule has 0 aliphatic carbocycles. The second-order valence-corrected chi connectivity index (χ2v) is 8.71. The molecule has 2 aliphatic rings. The SMILES string of the molecule is COc1ccc2c(c1)C(=O)N(C[C@](C)(NC(=O)NC=O)c1ccc(C(=O)N3CCOCC3)cc1)C2. The lowest BCUT2D eigenvalue weighted by Crippen LogP contribution is -2.54. The molecule has 184 valence electrons. The summed E-state index contributed by atoms with van der Waals surface area (Å²) in [5, 5.41) is 4.90. The Kier molecular flexibility index (Phi) is 7.02. The van der Waals surface area contributed by atoms with Crippen LogP contribution in [0.3, 0.4) is 0 Å². The molecule has 1 atom stereocenters. The Bertz CT molecular complexity index is 1130. The van der Waals surface area contributed by atoms with Gasteiger partial charge in [-0.2, -0.15) is 0 Å². The highest BCUT2D eigenvalue weighted by Crippen LogP contribution is 2.31. The van der Waals surface area contributed by atoms with Gasteiger partial charge in [0.1, 0.15) is 5.75 Å². The van der Waals surface area contributed by atoms with Crippen molar-refractivity contribution in [2.75, 3.05) is 40.0 Å². The van der Waals surface area contributed by atoms with Gasteiger partial charge in [0.15, 0.2) is 0 Å². The minimum atomic E-state index is -1.05. The fraction of sp³-hybridized carbons (Fsp3) is 0.360. The van der Waals surface area contributed by atoms with Crippen LogP contribution in [0.25, 0.3) is 0 Å². The second-order valence-electron chi connectivity index (χ2n) is 8.71. The van der Waals surface area contributed by atoms with E-state index in [-0.39, 0.29) is 18.4 Å². The van der Waals surface area contributed by atoms with E-state index in [0.29, 0.717) is 61.7 Å². The summed E-state index contributed by atoms with van der Waals surface area (Å²) in [7, 11) is 1.54. The predicted octanol–water partition coefficient (Wildman–Crippen LogP) is 1.49. The Hall–Kier alpha value is -3.92. The van der Waals surface area contributed by atoms with Gasteiger partial charge in [-0.25, -0.2) is 4.79 Å². The number of rotatable bonds is 7. The molecule has 0 unspecified atom stereocenters. The van der Waals surface area contributed by atoms with Crippen molar-refractivity contribution in [3.05, 3.63) is 64.7 Å². The van der Waals surface area contributed by atoms with E-state index >= 15 is 0 Å². The number of methoxy groups -OCH3 is 1. The van der Waals surface area contributed by atoms with Gasteiger partial charge in [0.2, 0.25) is 6.41 Å². The Balaban J connectivity index is 1.57. The van der Waals surface area contributed by atoms with Crippen LogP contribution in [0.2, 0.25) is 0 Å². The average molecular weight is 481 g/mol. The van der Waals surface area contributed by atoms with E-state index in [1.807, 2.05) is 6.07 Å². The van der Waals surface area contributed by atoms with E-state index in [1.54, 1.807) is 60.2 Å². The third kappa shape index (κ3) is 5.12. The van der Waals surface area contributed by atoms with Gasteiger partial charge in [-0.15, -0.1) is 0 Å². The van der Waals surface area contributed by atoms with Crippen LogP contribution in [0.15, 0.2) is 42.5 Å². The summed E-state index contributed by atoms with van der Waals surface area (Å²) >= 11 is 0. The molecule has 0 saturated carbocycles. The molecule has 4 rings (SSSR count). The number of hydrogen-bond acceptors (Lipinski definition) is 6. The Morgan fingerprint density at radius 3 is 2.51 bits per heavy atom. The van der Waals surface area contributed by atoms with Crippen LogP contribution < -0.4 is 15.4 Å². The topological polar surface area (TPSA) is 117 Å². The standard InChI is InChI=1S/C25H28N4O6/c1-25(27-24(33)26-16-30,15-29-14-18-5-8-20(34-2)13-21(18)23(29)32)19-6-3-17(4-7-19)22(31)28-9-11-35-12-10-28/h3-8,13,16H,9-12,14-15H2,1-2H3,(H2,26,27,30,33)/t25-/m0/s1. The molecular weight excluding hydrogens is 452 g/mol. The van der Waals surface area contributed by atoms with Gasteiger partial charge >= 0.3 is 6.03 Å². The lowest BCUT2D eigenvalue weighted by atomic mass is 9.90. The molecular formula is C25H28N4O6. The van der Waals surface area contributed by atoms with Gasteiger partial charge in [-0.05, 0) is 42.3 Å². The number of fused-ring (bicyclic) bond motifs is 1. The van der Waals surface area contributed by atoms with Gasteiger partial charge in [-0.3, -0.25) is 19.7 Å². The quantitative estimate of drug-likeness (QED) is 0.580. The van der Waals surface area contributed by atoms with Crippen molar-refractivity contribution < 1.29 is 28.7 Å². The molecule has 2 aliphatic heterocycles. The first-order chi connectivity index (χ1) is 16.8. The number of nitrogens with one attached hydrogen (secondary N) is 2. The molecule has 0 aromatic heterocycles. The van der Waals surface area contributed by atoms with E-state index in [1.165, 1.54) is 0 Å². The van der Waals surface area contributed by atoms with Crippen molar-refractivity contribution in [2.24, 2.45) is 0 Å². The van der Waals surface area contributed by atoms with E-state index in [2.05, 4.69) is 10.6 Å². The molecule has 2 aromatic rings. The monoisotopic (exact) mass is 480 g/mol. The fourth-order valence-electron chi connectivity index (χ4n) is 4.45. The number of amides is 5. The molecule has 1 fully saturated rings. The number of hydrogen-bond donors (Lipinski definition) is 2. The summed E-state index contributed by atoms with van der Waals surface area (Å²) in [6.45, 7) is 4.38. The first-order valence-corrected chi connectivity index (χ1v) is 11.3. The summed E-state index contributed by atoms with van der Waals surface area (Å²) in [5.74, 6) is 0.319. The molecule has 2 heterocycles. The van der Waals surface area contributed by atoms with Crippen LogP contribution in [0.5, 0.6) is 5.75 Å². The van der Waals surface area contributed by atoms with E-state index in [4.69, 9.17) is 9.47 Å². The summed E-state index contributed by atoms with van der Waals surface area (Å²) in [6.07, 6.45) is 0.295. The van der Waals surface area contributed by atoms with Crippen molar-refractivity contribution >= 4 is 24.3 Å². The molecule has 0 spiro atoms. The van der Waals surface area contributed by atoms with Crippen molar-refractivity contribution in [3.8, 4) is 5.75 Å². The normalized spacial score (nSPS) is 16.8. The molecule has 2 N–H and O–H groups in total. The zero-order chi connectivity index (χ0) is 25.0. The van der Waals surface area contributed by atoms with Gasteiger partial charge in [-0.1, -0.05) is 18.2 Å². The molecule has 10 heteroatoms. The highest BCUT2D eigenvalue weighted by Gasteiger charge is 2.37. The highest BCUT2D eigenvalue weighted by atomic mass is 16.5. The first-order valence-electron chi connectivity index (χ1n) is 11.3. The molecule has 35 heavy (non-hydrogen) atoms. The lowest BCUT2D eigenvalue weighted by Gasteiger charge is -2.35. The third-order valence-electron chi connectivity index (χ3n) is 6.35. The smallest absolute Gasteiger partial charge is 0.321 e. The number of ether oxygens (including phenoxy) is 2. The zero-order valence-electron chi connectivity index (χ0n) is 19.7. The zero-order valence-corrected chi connectivity index (χ0v) is 19.7. The van der Waals surface area contributed by atoms with Crippen LogP contribution in [-0.2, 0) is 21.6 Å². The third-order valence-corrected chi connectivity index (χ3v) is 6.35. The molecule has 2 aromatic carbocycles. The van der Waals surface area contributed by atoms with Gasteiger partial charge < -0.3 is 24.6 Å². The average Bonchev–Trinajstić information content (AvgIpc) is 3.18. The summed E-state index contributed by atoms with van der Waals surface area (Å²) < 4.78 is 10.6. The lowest BCUT2D eigenvalue weighted by molar-refractivity contribution is -0.108. The fourth-order valence-corrected chi connectivity index (χ4v) is 4.45. The maximum absolute atomic E-state index is 13.1. The highest BCUT2D eigenvalue weighted by molar-refractivity contribution is 5.99. The molecule has 0 radical (unpaired) electrons. The number of urea groups is 1. The van der Waals surface area contributed by atoms with Crippen molar-refractivity contribution in [2.45, 2.75) is 19.0 Å². The molecule has 1 saturated heterocycles. The Morgan fingerprint density at radius 1 is 1.14 bits per heavy atom. The minimum absolute atomic E-state index is 0.0904. The number of benzene rings is 2. The van der Waals surface area contributed by atoms with Gasteiger partial charge in [0, 0.05) is 37.3 Å². The number of imide groups is 1. The molecule has 5 amide bonds. The minimum Gasteiger partial charge on any atom is -0.497 e. The van der Waals surface area contributed by atoms with Crippen molar-refractivity contribution in [1.82, 2.24) is 20.4 Å². The largest absolute Gasteiger partial charge is 0.497 e. The Labute approximate surface area is 203 Å². The number of carbonyl (C=O) groups is 4. The van der Waals surface area contributed by atoms with E-state index in [0.717, 1.165) is 5.56 Å². The second kappa shape index (κ2) is 10.1. The van der Waals surface area contributed by atoms with Crippen LogP contribution in [0.4, 0.5) is 4.79 Å².